The van der Waals surface area contributed by atoms with Crippen molar-refractivity contribution in [1.82, 2.24) is 4.90 Å². The van der Waals surface area contributed by atoms with Crippen molar-refractivity contribution >= 4 is 17.4 Å². The third-order valence-corrected chi connectivity index (χ3v) is 5.51. The molecule has 0 saturated carbocycles. The van der Waals surface area contributed by atoms with Gasteiger partial charge in [-0.05, 0) is 62.2 Å². The molecule has 0 spiro atoms. The van der Waals surface area contributed by atoms with Crippen LogP contribution < -0.4 is 14.2 Å². The van der Waals surface area contributed by atoms with Crippen molar-refractivity contribution < 1.29 is 33.6 Å². The largest absolute Gasteiger partial charge is 0.507 e. The molecule has 1 N–H and O–H groups in total. The molecule has 1 aliphatic rings. The number of Topliss-reactive ketones (excluding diaryl/α,β-unsaturated/α-hetero) is 1. The monoisotopic (exact) mass is 469 g/mol. The molecule has 8 heteroatoms. The van der Waals surface area contributed by atoms with Crippen LogP contribution >= 0.6 is 0 Å². The van der Waals surface area contributed by atoms with Crippen molar-refractivity contribution in [2.45, 2.75) is 32.4 Å². The molecule has 1 atom stereocenters. The first kappa shape index (κ1) is 25.1. The van der Waals surface area contributed by atoms with E-state index in [2.05, 4.69) is 0 Å². The summed E-state index contributed by atoms with van der Waals surface area (Å²) in [5, 5.41) is 11.2. The van der Waals surface area contributed by atoms with Gasteiger partial charge in [0.15, 0.2) is 11.5 Å². The molecule has 1 aliphatic heterocycles. The number of aliphatic hydroxyl groups excluding tert-OH is 1. The van der Waals surface area contributed by atoms with Crippen molar-refractivity contribution in [2.75, 3.05) is 34.5 Å². The number of amides is 1. The highest BCUT2D eigenvalue weighted by molar-refractivity contribution is 6.46. The molecule has 0 unspecified atom stereocenters. The van der Waals surface area contributed by atoms with Crippen molar-refractivity contribution in [1.29, 1.82) is 0 Å². The van der Waals surface area contributed by atoms with Gasteiger partial charge in [-0.15, -0.1) is 0 Å². The van der Waals surface area contributed by atoms with Crippen molar-refractivity contribution in [3.8, 4) is 17.2 Å². The van der Waals surface area contributed by atoms with Crippen LogP contribution in [0, 0.1) is 0 Å². The third-order valence-electron chi connectivity index (χ3n) is 5.51. The molecular weight excluding hydrogens is 438 g/mol. The van der Waals surface area contributed by atoms with Crippen LogP contribution in [0.2, 0.25) is 0 Å². The molecule has 2 aromatic carbocycles. The second kappa shape index (κ2) is 11.1. The number of aliphatic hydroxyl groups is 1. The van der Waals surface area contributed by atoms with Gasteiger partial charge in [0.2, 0.25) is 0 Å². The SMILES string of the molecule is COCCCN1C(=O)C(=O)/C(=C(/O)c2ccc(OC(C)C)cc2)[C@H]1c1ccc(OC)c(OC)c1. The zero-order valence-electron chi connectivity index (χ0n) is 20.2. The first-order valence-electron chi connectivity index (χ1n) is 11.1. The molecule has 3 rings (SSSR count). The van der Waals surface area contributed by atoms with E-state index in [-0.39, 0.29) is 24.0 Å². The topological polar surface area (TPSA) is 94.5 Å². The van der Waals surface area contributed by atoms with E-state index in [1.165, 1.54) is 19.1 Å². The van der Waals surface area contributed by atoms with Gasteiger partial charge in [0, 0.05) is 25.8 Å². The predicted octanol–water partition coefficient (Wildman–Crippen LogP) is 3.95. The second-order valence-electron chi connectivity index (χ2n) is 8.14. The fourth-order valence-corrected chi connectivity index (χ4v) is 3.98. The Balaban J connectivity index is 2.10. The van der Waals surface area contributed by atoms with Gasteiger partial charge in [-0.3, -0.25) is 9.59 Å². The number of carbonyl (C=O) groups is 2. The maximum Gasteiger partial charge on any atom is 0.295 e. The van der Waals surface area contributed by atoms with Gasteiger partial charge < -0.3 is 29.0 Å². The molecule has 0 radical (unpaired) electrons. The number of ether oxygens (including phenoxy) is 4. The third kappa shape index (κ3) is 5.17. The molecular formula is C26H31NO7. The zero-order chi connectivity index (χ0) is 24.8. The van der Waals surface area contributed by atoms with Crippen LogP contribution in [0.5, 0.6) is 17.2 Å². The van der Waals surface area contributed by atoms with Gasteiger partial charge in [0.1, 0.15) is 11.5 Å². The molecule has 1 amide bonds. The smallest absolute Gasteiger partial charge is 0.295 e. The minimum absolute atomic E-state index is 0.00178. The van der Waals surface area contributed by atoms with Gasteiger partial charge >= 0.3 is 0 Å². The number of likely N-dealkylation sites (tertiary alicyclic amines) is 1. The highest BCUT2D eigenvalue weighted by atomic mass is 16.5. The van der Waals surface area contributed by atoms with E-state index in [0.717, 1.165) is 0 Å². The quantitative estimate of drug-likeness (QED) is 0.244. The molecule has 1 heterocycles. The fraction of sp³-hybridized carbons (Fsp3) is 0.385. The number of carbonyl (C=O) groups excluding carboxylic acids is 2. The lowest BCUT2D eigenvalue weighted by molar-refractivity contribution is -0.140. The number of hydrogen-bond donors (Lipinski definition) is 1. The Morgan fingerprint density at radius 3 is 2.26 bits per heavy atom. The van der Waals surface area contributed by atoms with Crippen LogP contribution in [0.4, 0.5) is 0 Å². The summed E-state index contributed by atoms with van der Waals surface area (Å²) in [6.07, 6.45) is 0.538. The van der Waals surface area contributed by atoms with Gasteiger partial charge in [-0.2, -0.15) is 0 Å². The normalized spacial score (nSPS) is 17.4. The molecule has 8 nitrogen and oxygen atoms in total. The molecule has 0 aliphatic carbocycles. The van der Waals surface area contributed by atoms with Gasteiger partial charge in [-0.1, -0.05) is 6.07 Å². The second-order valence-corrected chi connectivity index (χ2v) is 8.14. The molecule has 0 bridgehead atoms. The highest BCUT2D eigenvalue weighted by Crippen LogP contribution is 2.42. The number of hydrogen-bond acceptors (Lipinski definition) is 7. The minimum atomic E-state index is -0.789. The van der Waals surface area contributed by atoms with Crippen LogP contribution in [0.25, 0.3) is 5.76 Å². The molecule has 0 aromatic heterocycles. The standard InChI is InChI=1S/C26H31NO7/c1-16(2)34-19-10-7-17(8-11-19)24(28)22-23(18-9-12-20(32-4)21(15-18)33-5)27(13-6-14-31-3)26(30)25(22)29/h7-12,15-16,23,28H,6,13-14H2,1-5H3/b24-22+/t23-/m1/s1. The van der Waals surface area contributed by atoms with E-state index >= 15 is 0 Å². The minimum Gasteiger partial charge on any atom is -0.507 e. The van der Waals surface area contributed by atoms with Gasteiger partial charge in [0.25, 0.3) is 11.7 Å². The summed E-state index contributed by atoms with van der Waals surface area (Å²) in [6.45, 7) is 4.55. The summed E-state index contributed by atoms with van der Waals surface area (Å²) in [6, 6.07) is 11.2. The van der Waals surface area contributed by atoms with Crippen molar-refractivity contribution in [3.05, 3.63) is 59.2 Å². The summed E-state index contributed by atoms with van der Waals surface area (Å²) in [7, 11) is 4.62. The summed E-state index contributed by atoms with van der Waals surface area (Å²) >= 11 is 0. The van der Waals surface area contributed by atoms with Gasteiger partial charge in [0.05, 0.1) is 31.9 Å². The van der Waals surface area contributed by atoms with Crippen LogP contribution in [-0.2, 0) is 14.3 Å². The summed E-state index contributed by atoms with van der Waals surface area (Å²) < 4.78 is 21.5. The zero-order valence-corrected chi connectivity index (χ0v) is 20.2. The van der Waals surface area contributed by atoms with E-state index in [9.17, 15) is 14.7 Å². The fourth-order valence-electron chi connectivity index (χ4n) is 3.98. The van der Waals surface area contributed by atoms with Crippen molar-refractivity contribution in [2.24, 2.45) is 0 Å². The highest BCUT2D eigenvalue weighted by Gasteiger charge is 2.46. The number of rotatable bonds is 10. The van der Waals surface area contributed by atoms with Gasteiger partial charge in [-0.25, -0.2) is 0 Å². The lowest BCUT2D eigenvalue weighted by atomic mass is 9.95. The molecule has 182 valence electrons. The summed E-state index contributed by atoms with van der Waals surface area (Å²) in [5.74, 6) is -0.0399. The van der Waals surface area contributed by atoms with E-state index in [0.29, 0.717) is 41.4 Å². The maximum atomic E-state index is 13.1. The van der Waals surface area contributed by atoms with E-state index in [1.807, 2.05) is 13.8 Å². The Hall–Kier alpha value is -3.52. The summed E-state index contributed by atoms with van der Waals surface area (Å²) in [4.78, 5) is 27.6. The van der Waals surface area contributed by atoms with Crippen LogP contribution in [0.1, 0.15) is 37.4 Å². The van der Waals surface area contributed by atoms with Crippen molar-refractivity contribution in [3.63, 3.8) is 0 Å². The Morgan fingerprint density at radius 2 is 1.68 bits per heavy atom. The number of benzene rings is 2. The number of ketones is 1. The Morgan fingerprint density at radius 1 is 1.00 bits per heavy atom. The first-order valence-corrected chi connectivity index (χ1v) is 11.1. The van der Waals surface area contributed by atoms with E-state index in [4.69, 9.17) is 18.9 Å². The first-order chi connectivity index (χ1) is 16.3. The van der Waals surface area contributed by atoms with E-state index < -0.39 is 17.7 Å². The average molecular weight is 470 g/mol. The lowest BCUT2D eigenvalue weighted by Gasteiger charge is -2.26. The Kier molecular flexibility index (Phi) is 8.17. The molecule has 1 saturated heterocycles. The van der Waals surface area contributed by atoms with Crippen LogP contribution in [0.15, 0.2) is 48.0 Å². The Bertz CT molecular complexity index is 1060. The van der Waals surface area contributed by atoms with E-state index in [1.54, 1.807) is 49.6 Å². The average Bonchev–Trinajstić information content (AvgIpc) is 3.08. The predicted molar refractivity (Wildman–Crippen MR) is 127 cm³/mol. The molecule has 1 fully saturated rings. The van der Waals surface area contributed by atoms with Crippen LogP contribution in [-0.4, -0.2) is 62.3 Å². The number of methoxy groups -OCH3 is 3. The molecule has 2 aromatic rings. The maximum absolute atomic E-state index is 13.1. The van der Waals surface area contributed by atoms with Crippen LogP contribution in [0.3, 0.4) is 0 Å². The lowest BCUT2D eigenvalue weighted by Crippen LogP contribution is -2.31. The Labute approximate surface area is 199 Å². The summed E-state index contributed by atoms with van der Waals surface area (Å²) in [5.41, 5.74) is 1.05. The number of nitrogens with zero attached hydrogens (tertiary/aromatic N) is 1. The molecule has 34 heavy (non-hydrogen) atoms.